The van der Waals surface area contributed by atoms with Gasteiger partial charge in [0.05, 0.1) is 0 Å². The van der Waals surface area contributed by atoms with E-state index >= 15 is 0 Å². The average molecular weight is 198 g/mol. The van der Waals surface area contributed by atoms with E-state index in [0.29, 0.717) is 0 Å². The van der Waals surface area contributed by atoms with Gasteiger partial charge in [0.25, 0.3) is 0 Å². The summed E-state index contributed by atoms with van der Waals surface area (Å²) in [6.45, 7) is 0. The lowest BCUT2D eigenvalue weighted by atomic mass is 10.2. The quantitative estimate of drug-likeness (QED) is 0.511. The number of nitrogens with two attached hydrogens (primary N) is 1. The fraction of sp³-hybridized carbons (Fsp3) is 0.167. The van der Waals surface area contributed by atoms with Crippen LogP contribution in [0.1, 0.15) is 5.56 Å². The molecule has 1 rings (SSSR count). The minimum atomic E-state index is -4.97. The van der Waals surface area contributed by atoms with E-state index in [0.717, 1.165) is 0 Å². The first kappa shape index (κ1) is 9.69. The summed E-state index contributed by atoms with van der Waals surface area (Å²) in [5, 5.41) is 0. The van der Waals surface area contributed by atoms with Crippen molar-refractivity contribution in [1.82, 2.24) is 4.98 Å². The minimum Gasteiger partial charge on any atom is -0.381 e. The van der Waals surface area contributed by atoms with Crippen molar-refractivity contribution in [2.45, 2.75) is 6.18 Å². The van der Waals surface area contributed by atoms with Crippen molar-refractivity contribution in [1.29, 1.82) is 0 Å². The Bertz CT molecular complexity index is 333. The predicted molar refractivity (Wildman–Crippen MR) is 33.6 cm³/mol. The van der Waals surface area contributed by atoms with Gasteiger partial charge in [0, 0.05) is 0 Å². The number of pyridine rings is 1. The van der Waals surface area contributed by atoms with Gasteiger partial charge in [-0.1, -0.05) is 0 Å². The van der Waals surface area contributed by atoms with Gasteiger partial charge in [-0.15, -0.1) is 0 Å². The van der Waals surface area contributed by atoms with Crippen LogP contribution in [0, 0.1) is 11.8 Å². The summed E-state index contributed by atoms with van der Waals surface area (Å²) in [5.74, 6) is -4.12. The Morgan fingerprint density at radius 2 is 1.77 bits per heavy atom. The van der Waals surface area contributed by atoms with Crippen molar-refractivity contribution in [2.75, 3.05) is 5.73 Å². The molecule has 0 radical (unpaired) electrons. The van der Waals surface area contributed by atoms with Crippen molar-refractivity contribution >= 4 is 5.82 Å². The highest BCUT2D eigenvalue weighted by Gasteiger charge is 2.35. The summed E-state index contributed by atoms with van der Waals surface area (Å²) < 4.78 is 60.5. The van der Waals surface area contributed by atoms with Gasteiger partial charge in [-0.2, -0.15) is 22.5 Å². The highest BCUT2D eigenvalue weighted by atomic mass is 19.4. The summed E-state index contributed by atoms with van der Waals surface area (Å²) in [4.78, 5) is 2.56. The van der Waals surface area contributed by atoms with Crippen molar-refractivity contribution in [3.63, 3.8) is 0 Å². The fourth-order valence-electron chi connectivity index (χ4n) is 0.678. The number of hydrogen-bond donors (Lipinski definition) is 1. The lowest BCUT2D eigenvalue weighted by Gasteiger charge is -2.07. The highest BCUT2D eigenvalue weighted by molar-refractivity contribution is 5.33. The molecule has 0 spiro atoms. The fourth-order valence-corrected chi connectivity index (χ4v) is 0.678. The number of alkyl halides is 3. The molecule has 0 bridgehead atoms. The molecule has 1 heterocycles. The number of hydrogen-bond acceptors (Lipinski definition) is 2. The van der Waals surface area contributed by atoms with E-state index in [-0.39, 0.29) is 6.07 Å². The van der Waals surface area contributed by atoms with Crippen LogP contribution in [0.3, 0.4) is 0 Å². The van der Waals surface area contributed by atoms with Crippen LogP contribution in [-0.4, -0.2) is 4.98 Å². The molecule has 1 aromatic rings. The zero-order valence-corrected chi connectivity index (χ0v) is 5.99. The maximum absolute atomic E-state index is 12.4. The third-order valence-corrected chi connectivity index (χ3v) is 1.26. The summed E-state index contributed by atoms with van der Waals surface area (Å²) >= 11 is 0. The van der Waals surface area contributed by atoms with Gasteiger partial charge >= 0.3 is 6.18 Å². The first-order valence-electron chi connectivity index (χ1n) is 3.01. The van der Waals surface area contributed by atoms with Crippen LogP contribution in [-0.2, 0) is 6.18 Å². The van der Waals surface area contributed by atoms with Gasteiger partial charge in [0.1, 0.15) is 5.56 Å². The number of nitrogens with zero attached hydrogens (tertiary/aromatic N) is 1. The molecule has 2 nitrogen and oxygen atoms in total. The monoisotopic (exact) mass is 198 g/mol. The Hall–Kier alpha value is -1.40. The molecule has 0 fully saturated rings. The molecule has 0 unspecified atom stereocenters. The lowest BCUT2D eigenvalue weighted by molar-refractivity contribution is -0.140. The van der Waals surface area contributed by atoms with E-state index in [2.05, 4.69) is 4.98 Å². The third kappa shape index (κ3) is 1.85. The van der Waals surface area contributed by atoms with Crippen molar-refractivity contribution in [3.8, 4) is 0 Å². The molecule has 0 aromatic carbocycles. The van der Waals surface area contributed by atoms with Crippen LogP contribution in [0.15, 0.2) is 6.07 Å². The third-order valence-electron chi connectivity index (χ3n) is 1.26. The Labute approximate surface area is 69.2 Å². The standard InChI is InChI=1S/C6H3F5N2/c7-3-1-2(6(9,10)11)4(8)13-5(3)12/h1H,(H2,12,13). The second-order valence-electron chi connectivity index (χ2n) is 2.19. The SMILES string of the molecule is Nc1nc(F)c(C(F)(F)F)cc1F. The van der Waals surface area contributed by atoms with Gasteiger partial charge in [-0.25, -0.2) is 4.39 Å². The normalized spacial score (nSPS) is 11.8. The Kier molecular flexibility index (Phi) is 2.10. The van der Waals surface area contributed by atoms with Crippen molar-refractivity contribution < 1.29 is 22.0 Å². The van der Waals surface area contributed by atoms with Crippen LogP contribution >= 0.6 is 0 Å². The zero-order valence-electron chi connectivity index (χ0n) is 5.99. The lowest BCUT2D eigenvalue weighted by Crippen LogP contribution is -2.12. The molecule has 7 heteroatoms. The molecule has 0 aliphatic rings. The predicted octanol–water partition coefficient (Wildman–Crippen LogP) is 1.96. The van der Waals surface area contributed by atoms with Crippen LogP contribution in [0.5, 0.6) is 0 Å². The molecule has 0 saturated heterocycles. The zero-order chi connectivity index (χ0) is 10.2. The first-order valence-corrected chi connectivity index (χ1v) is 3.01. The van der Waals surface area contributed by atoms with E-state index in [9.17, 15) is 22.0 Å². The van der Waals surface area contributed by atoms with E-state index in [1.807, 2.05) is 0 Å². The van der Waals surface area contributed by atoms with Gasteiger partial charge in [-0.05, 0) is 6.07 Å². The maximum Gasteiger partial charge on any atom is 0.420 e. The number of anilines is 1. The molecule has 0 aliphatic carbocycles. The summed E-state index contributed by atoms with van der Waals surface area (Å²) in [7, 11) is 0. The largest absolute Gasteiger partial charge is 0.420 e. The topological polar surface area (TPSA) is 38.9 Å². The molecular formula is C6H3F5N2. The Morgan fingerprint density at radius 1 is 1.23 bits per heavy atom. The van der Waals surface area contributed by atoms with Crippen LogP contribution in [0.2, 0.25) is 0 Å². The van der Waals surface area contributed by atoms with Crippen LogP contribution < -0.4 is 5.73 Å². The number of nitrogen functional groups attached to an aromatic ring is 1. The minimum absolute atomic E-state index is 0.0301. The van der Waals surface area contributed by atoms with Crippen molar-refractivity contribution in [3.05, 3.63) is 23.4 Å². The number of aromatic nitrogens is 1. The summed E-state index contributed by atoms with van der Waals surface area (Å²) in [6.07, 6.45) is -4.97. The molecule has 0 aliphatic heterocycles. The number of halogens is 5. The molecule has 1 aromatic heterocycles. The van der Waals surface area contributed by atoms with Crippen LogP contribution in [0.4, 0.5) is 27.8 Å². The van der Waals surface area contributed by atoms with Gasteiger partial charge in [0.15, 0.2) is 11.6 Å². The van der Waals surface area contributed by atoms with E-state index in [1.165, 1.54) is 0 Å². The average Bonchev–Trinajstić information content (AvgIpc) is 1.94. The molecule has 13 heavy (non-hydrogen) atoms. The summed E-state index contributed by atoms with van der Waals surface area (Å²) in [6, 6.07) is -0.0301. The summed E-state index contributed by atoms with van der Waals surface area (Å²) in [5.41, 5.74) is 2.97. The maximum atomic E-state index is 12.4. The molecule has 2 N–H and O–H groups in total. The highest BCUT2D eigenvalue weighted by Crippen LogP contribution is 2.31. The van der Waals surface area contributed by atoms with Gasteiger partial charge in [0.2, 0.25) is 5.95 Å². The van der Waals surface area contributed by atoms with E-state index in [1.54, 1.807) is 0 Å². The van der Waals surface area contributed by atoms with E-state index < -0.39 is 29.3 Å². The second-order valence-corrected chi connectivity index (χ2v) is 2.19. The number of rotatable bonds is 0. The van der Waals surface area contributed by atoms with Crippen molar-refractivity contribution in [2.24, 2.45) is 0 Å². The van der Waals surface area contributed by atoms with E-state index in [4.69, 9.17) is 5.73 Å². The van der Waals surface area contributed by atoms with Gasteiger partial charge in [-0.3, -0.25) is 0 Å². The Balaban J connectivity index is 3.32. The molecule has 72 valence electrons. The van der Waals surface area contributed by atoms with Crippen LogP contribution in [0.25, 0.3) is 0 Å². The molecule has 0 saturated carbocycles. The van der Waals surface area contributed by atoms with Gasteiger partial charge < -0.3 is 5.73 Å². The smallest absolute Gasteiger partial charge is 0.381 e. The second kappa shape index (κ2) is 2.82. The molecule has 0 amide bonds. The molecular weight excluding hydrogens is 195 g/mol. The first-order chi connectivity index (χ1) is 5.82. The molecule has 0 atom stereocenters. The Morgan fingerprint density at radius 3 is 2.23 bits per heavy atom.